The fraction of sp³-hybridized carbons (Fsp3) is 0.316. The molecule has 126 valence electrons. The monoisotopic (exact) mass is 325 g/mol. The molecule has 0 unspecified atom stereocenters. The Morgan fingerprint density at radius 3 is 2.58 bits per heavy atom. The third-order valence-corrected chi connectivity index (χ3v) is 4.20. The zero-order chi connectivity index (χ0) is 16.8. The van der Waals surface area contributed by atoms with Crippen LogP contribution < -0.4 is 16.0 Å². The Morgan fingerprint density at radius 1 is 1.12 bits per heavy atom. The van der Waals surface area contributed by atoms with E-state index in [0.717, 1.165) is 38.4 Å². The van der Waals surface area contributed by atoms with Crippen LogP contribution in [0.5, 0.6) is 0 Å². The summed E-state index contributed by atoms with van der Waals surface area (Å²) in [5.74, 6) is -0.128. The second-order valence-electron chi connectivity index (χ2n) is 5.86. The summed E-state index contributed by atoms with van der Waals surface area (Å²) in [5.41, 5.74) is 9.37. The van der Waals surface area contributed by atoms with E-state index < -0.39 is 0 Å². The first-order valence-electron chi connectivity index (χ1n) is 8.28. The third kappa shape index (κ3) is 4.06. The van der Waals surface area contributed by atoms with E-state index in [1.807, 2.05) is 30.3 Å². The van der Waals surface area contributed by atoms with Gasteiger partial charge in [-0.3, -0.25) is 4.79 Å². The second-order valence-corrected chi connectivity index (χ2v) is 5.86. The number of nitrogen functional groups attached to an aromatic ring is 1. The molecule has 1 saturated heterocycles. The van der Waals surface area contributed by atoms with Crippen molar-refractivity contribution in [2.24, 2.45) is 0 Å². The summed E-state index contributed by atoms with van der Waals surface area (Å²) >= 11 is 0. The molecule has 1 aliphatic rings. The quantitative estimate of drug-likeness (QED) is 0.826. The predicted molar refractivity (Wildman–Crippen MR) is 96.4 cm³/mol. The number of rotatable bonds is 5. The van der Waals surface area contributed by atoms with Gasteiger partial charge in [0.15, 0.2) is 0 Å². The third-order valence-electron chi connectivity index (χ3n) is 4.20. The van der Waals surface area contributed by atoms with Crippen LogP contribution in [0, 0.1) is 0 Å². The van der Waals surface area contributed by atoms with Crippen LogP contribution in [0.3, 0.4) is 0 Å². The van der Waals surface area contributed by atoms with Crippen LogP contribution in [-0.4, -0.2) is 38.8 Å². The normalized spacial score (nSPS) is 14.4. The summed E-state index contributed by atoms with van der Waals surface area (Å²) in [6.07, 6.45) is 0.804. The maximum absolute atomic E-state index is 12.3. The maximum Gasteiger partial charge on any atom is 0.253 e. The lowest BCUT2D eigenvalue weighted by molar-refractivity contribution is 0.0955. The Kier molecular flexibility index (Phi) is 5.33. The summed E-state index contributed by atoms with van der Waals surface area (Å²) in [4.78, 5) is 14.5. The molecule has 5 heteroatoms. The fourth-order valence-electron chi connectivity index (χ4n) is 2.84. The second kappa shape index (κ2) is 7.84. The number of carbonyl (C=O) groups is 1. The molecule has 0 spiro atoms. The van der Waals surface area contributed by atoms with E-state index >= 15 is 0 Å². The minimum atomic E-state index is -0.128. The lowest BCUT2D eigenvalue weighted by Gasteiger charge is -2.29. The maximum atomic E-state index is 12.3. The van der Waals surface area contributed by atoms with Crippen molar-refractivity contribution >= 4 is 17.3 Å². The van der Waals surface area contributed by atoms with Gasteiger partial charge in [-0.05, 0) is 30.2 Å². The molecule has 2 aromatic carbocycles. The molecule has 1 fully saturated rings. The number of hydrogen-bond acceptors (Lipinski definition) is 4. The summed E-state index contributed by atoms with van der Waals surface area (Å²) in [6.45, 7) is 3.74. The number of benzene rings is 2. The van der Waals surface area contributed by atoms with Crippen molar-refractivity contribution in [3.63, 3.8) is 0 Å². The predicted octanol–water partition coefficient (Wildman–Crippen LogP) is 2.08. The van der Waals surface area contributed by atoms with Gasteiger partial charge in [0.2, 0.25) is 0 Å². The minimum Gasteiger partial charge on any atom is -0.398 e. The zero-order valence-electron chi connectivity index (χ0n) is 13.7. The number of amides is 1. The highest BCUT2D eigenvalue weighted by Crippen LogP contribution is 2.22. The largest absolute Gasteiger partial charge is 0.398 e. The molecular formula is C19H23N3O2. The molecule has 1 amide bonds. The molecule has 1 aliphatic heterocycles. The Bertz CT molecular complexity index is 682. The average molecular weight is 325 g/mol. The molecule has 0 aliphatic carbocycles. The number of nitrogens with two attached hydrogens (primary N) is 1. The van der Waals surface area contributed by atoms with E-state index in [9.17, 15) is 4.79 Å². The van der Waals surface area contributed by atoms with Crippen molar-refractivity contribution in [2.75, 3.05) is 43.5 Å². The van der Waals surface area contributed by atoms with Crippen LogP contribution in [0.4, 0.5) is 11.4 Å². The molecular weight excluding hydrogens is 302 g/mol. The highest BCUT2D eigenvalue weighted by Gasteiger charge is 2.14. The van der Waals surface area contributed by atoms with Crippen LogP contribution in [0.15, 0.2) is 48.5 Å². The molecule has 0 aromatic heterocycles. The van der Waals surface area contributed by atoms with E-state index in [0.29, 0.717) is 17.8 Å². The van der Waals surface area contributed by atoms with Gasteiger partial charge in [-0.25, -0.2) is 0 Å². The van der Waals surface area contributed by atoms with Crippen LogP contribution in [0.25, 0.3) is 0 Å². The lowest BCUT2D eigenvalue weighted by Crippen LogP contribution is -2.36. The van der Waals surface area contributed by atoms with Crippen molar-refractivity contribution in [3.8, 4) is 0 Å². The van der Waals surface area contributed by atoms with Gasteiger partial charge in [-0.15, -0.1) is 0 Å². The van der Waals surface area contributed by atoms with Gasteiger partial charge >= 0.3 is 0 Å². The number of nitrogens with zero attached hydrogens (tertiary/aromatic N) is 1. The van der Waals surface area contributed by atoms with Gasteiger partial charge in [-0.2, -0.15) is 0 Å². The highest BCUT2D eigenvalue weighted by atomic mass is 16.5. The topological polar surface area (TPSA) is 67.6 Å². The summed E-state index contributed by atoms with van der Waals surface area (Å²) < 4.78 is 5.36. The van der Waals surface area contributed by atoms with Crippen molar-refractivity contribution in [2.45, 2.75) is 6.42 Å². The number of carbonyl (C=O) groups excluding carboxylic acids is 1. The molecule has 24 heavy (non-hydrogen) atoms. The van der Waals surface area contributed by atoms with E-state index in [2.05, 4.69) is 22.3 Å². The van der Waals surface area contributed by atoms with Crippen LogP contribution in [0.2, 0.25) is 0 Å². The van der Waals surface area contributed by atoms with Crippen LogP contribution >= 0.6 is 0 Å². The Morgan fingerprint density at radius 2 is 1.88 bits per heavy atom. The molecule has 3 rings (SSSR count). The van der Waals surface area contributed by atoms with E-state index in [1.54, 1.807) is 6.07 Å². The molecule has 0 atom stereocenters. The number of anilines is 2. The Balaban J connectivity index is 1.58. The van der Waals surface area contributed by atoms with Gasteiger partial charge in [0.1, 0.15) is 0 Å². The summed E-state index contributed by atoms with van der Waals surface area (Å²) in [7, 11) is 0. The molecule has 2 aromatic rings. The SMILES string of the molecule is Nc1cc(N2CCOCC2)ccc1C(=O)NCCc1ccccc1. The molecule has 0 bridgehead atoms. The summed E-state index contributed by atoms with van der Waals surface area (Å²) in [6, 6.07) is 15.7. The van der Waals surface area contributed by atoms with Crippen molar-refractivity contribution in [1.82, 2.24) is 5.32 Å². The van der Waals surface area contributed by atoms with Crippen LogP contribution in [0.1, 0.15) is 15.9 Å². The highest BCUT2D eigenvalue weighted by molar-refractivity contribution is 5.99. The number of hydrogen-bond donors (Lipinski definition) is 2. The van der Waals surface area contributed by atoms with Gasteiger partial charge in [-0.1, -0.05) is 30.3 Å². The molecule has 0 radical (unpaired) electrons. The summed E-state index contributed by atoms with van der Waals surface area (Å²) in [5, 5.41) is 2.93. The first kappa shape index (κ1) is 16.3. The zero-order valence-corrected chi connectivity index (χ0v) is 13.7. The fourth-order valence-corrected chi connectivity index (χ4v) is 2.84. The van der Waals surface area contributed by atoms with Crippen molar-refractivity contribution in [3.05, 3.63) is 59.7 Å². The lowest BCUT2D eigenvalue weighted by atomic mass is 10.1. The Hall–Kier alpha value is -2.53. The van der Waals surface area contributed by atoms with E-state index in [1.165, 1.54) is 5.56 Å². The average Bonchev–Trinajstić information content (AvgIpc) is 2.63. The van der Waals surface area contributed by atoms with Gasteiger partial charge < -0.3 is 20.7 Å². The van der Waals surface area contributed by atoms with Gasteiger partial charge in [0.05, 0.1) is 18.8 Å². The number of nitrogens with one attached hydrogen (secondary N) is 1. The molecule has 1 heterocycles. The van der Waals surface area contributed by atoms with Crippen LogP contribution in [-0.2, 0) is 11.2 Å². The van der Waals surface area contributed by atoms with E-state index in [-0.39, 0.29) is 5.91 Å². The number of morpholine rings is 1. The molecule has 5 nitrogen and oxygen atoms in total. The Labute approximate surface area is 142 Å². The minimum absolute atomic E-state index is 0.128. The first-order chi connectivity index (χ1) is 11.7. The van der Waals surface area contributed by atoms with Gasteiger partial charge in [0, 0.05) is 31.0 Å². The molecule has 3 N–H and O–H groups in total. The smallest absolute Gasteiger partial charge is 0.253 e. The van der Waals surface area contributed by atoms with Crippen molar-refractivity contribution < 1.29 is 9.53 Å². The standard InChI is InChI=1S/C19H23N3O2/c20-18-14-16(22-10-12-24-13-11-22)6-7-17(18)19(23)21-9-8-15-4-2-1-3-5-15/h1-7,14H,8-13,20H2,(H,21,23). The number of ether oxygens (including phenoxy) is 1. The van der Waals surface area contributed by atoms with Gasteiger partial charge in [0.25, 0.3) is 5.91 Å². The first-order valence-corrected chi connectivity index (χ1v) is 8.28. The molecule has 0 saturated carbocycles. The van der Waals surface area contributed by atoms with Crippen molar-refractivity contribution in [1.29, 1.82) is 0 Å². The van der Waals surface area contributed by atoms with E-state index in [4.69, 9.17) is 10.5 Å².